The summed E-state index contributed by atoms with van der Waals surface area (Å²) in [6.07, 6.45) is 3.59. The van der Waals surface area contributed by atoms with E-state index in [0.717, 1.165) is 31.6 Å². The van der Waals surface area contributed by atoms with Crippen LogP contribution in [0.25, 0.3) is 0 Å². The monoisotopic (exact) mass is 400 g/mol. The maximum Gasteiger partial charge on any atom is 0.188 e. The average molecular weight is 400 g/mol. The zero-order valence-electron chi connectivity index (χ0n) is 11.1. The molecule has 106 valence electrons. The quantitative estimate of drug-likeness (QED) is 0.445. The lowest BCUT2D eigenvalue weighted by molar-refractivity contribution is 0.826. The molecule has 4 nitrogen and oxygen atoms in total. The van der Waals surface area contributed by atoms with Crippen LogP contribution in [0.15, 0.2) is 41.5 Å². The minimum absolute atomic E-state index is 0.507. The van der Waals surface area contributed by atoms with Gasteiger partial charge in [-0.3, -0.25) is 9.98 Å². The zero-order chi connectivity index (χ0) is 14.2. The number of pyridine rings is 1. The molecule has 0 unspecified atom stereocenters. The lowest BCUT2D eigenvalue weighted by Gasteiger charge is -2.05. The van der Waals surface area contributed by atoms with Gasteiger partial charge in [-0.15, -0.1) is 11.3 Å². The molecule has 2 aromatic rings. The van der Waals surface area contributed by atoms with Gasteiger partial charge in [0.05, 0.1) is 2.88 Å². The minimum atomic E-state index is 0.507. The Hall–Kier alpha value is -1.15. The van der Waals surface area contributed by atoms with Crippen molar-refractivity contribution in [2.45, 2.75) is 12.8 Å². The minimum Gasteiger partial charge on any atom is -0.370 e. The third kappa shape index (κ3) is 5.46. The van der Waals surface area contributed by atoms with Gasteiger partial charge in [-0.05, 0) is 46.9 Å². The molecule has 0 aliphatic heterocycles. The fourth-order valence-electron chi connectivity index (χ4n) is 1.69. The first kappa shape index (κ1) is 15.2. The van der Waals surface area contributed by atoms with Gasteiger partial charge < -0.3 is 11.1 Å². The van der Waals surface area contributed by atoms with Crippen molar-refractivity contribution < 1.29 is 0 Å². The first-order valence-electron chi connectivity index (χ1n) is 6.42. The fourth-order valence-corrected chi connectivity index (χ4v) is 3.44. The van der Waals surface area contributed by atoms with E-state index in [9.17, 15) is 0 Å². The fraction of sp³-hybridized carbons (Fsp3) is 0.286. The van der Waals surface area contributed by atoms with Gasteiger partial charge in [0.1, 0.15) is 0 Å². The number of nitrogens with two attached hydrogens (primary N) is 1. The van der Waals surface area contributed by atoms with Crippen LogP contribution in [-0.2, 0) is 12.8 Å². The first-order valence-corrected chi connectivity index (χ1v) is 8.31. The van der Waals surface area contributed by atoms with Gasteiger partial charge in [0, 0.05) is 42.7 Å². The van der Waals surface area contributed by atoms with Crippen LogP contribution in [0.1, 0.15) is 10.6 Å². The number of halogens is 1. The van der Waals surface area contributed by atoms with Gasteiger partial charge in [-0.25, -0.2) is 0 Å². The highest BCUT2D eigenvalue weighted by Crippen LogP contribution is 2.18. The molecule has 0 aliphatic rings. The summed E-state index contributed by atoms with van der Waals surface area (Å²) in [5, 5.41) is 3.11. The molecule has 0 radical (unpaired) electrons. The summed E-state index contributed by atoms with van der Waals surface area (Å²) < 4.78 is 1.31. The molecule has 2 heterocycles. The molecule has 6 heteroatoms. The van der Waals surface area contributed by atoms with Crippen LogP contribution in [0, 0.1) is 2.88 Å². The Balaban J connectivity index is 1.66. The molecule has 3 N–H and O–H groups in total. The van der Waals surface area contributed by atoms with Crippen LogP contribution in [0.5, 0.6) is 0 Å². The molecule has 0 saturated carbocycles. The Morgan fingerprint density at radius 2 is 2.20 bits per heavy atom. The molecular weight excluding hydrogens is 383 g/mol. The molecule has 0 spiro atoms. The average Bonchev–Trinajstić information content (AvgIpc) is 2.86. The van der Waals surface area contributed by atoms with E-state index in [4.69, 9.17) is 5.73 Å². The van der Waals surface area contributed by atoms with E-state index in [1.807, 2.05) is 18.2 Å². The van der Waals surface area contributed by atoms with Crippen LogP contribution in [-0.4, -0.2) is 24.0 Å². The second-order valence-corrected chi connectivity index (χ2v) is 7.28. The Labute approximate surface area is 136 Å². The largest absolute Gasteiger partial charge is 0.370 e. The number of hydrogen-bond donors (Lipinski definition) is 2. The Morgan fingerprint density at radius 3 is 2.90 bits per heavy atom. The molecule has 0 aliphatic carbocycles. The van der Waals surface area contributed by atoms with Gasteiger partial charge in [0.25, 0.3) is 0 Å². The standard InChI is InChI=1S/C14H17IN4S/c15-13-5-4-12(20-13)7-10-19-14(16)18-9-6-11-3-1-2-8-17-11/h1-5,8H,6-7,9-10H2,(H3,16,18,19). The summed E-state index contributed by atoms with van der Waals surface area (Å²) in [4.78, 5) is 9.93. The normalized spacial score (nSPS) is 11.6. The van der Waals surface area contributed by atoms with Crippen molar-refractivity contribution in [3.8, 4) is 0 Å². The third-order valence-corrected chi connectivity index (χ3v) is 4.64. The Morgan fingerprint density at radius 1 is 1.30 bits per heavy atom. The number of aromatic nitrogens is 1. The summed E-state index contributed by atoms with van der Waals surface area (Å²) in [5.41, 5.74) is 6.88. The van der Waals surface area contributed by atoms with Crippen molar-refractivity contribution in [2.24, 2.45) is 10.7 Å². The van der Waals surface area contributed by atoms with Gasteiger partial charge in [-0.2, -0.15) is 0 Å². The molecule has 2 aromatic heterocycles. The highest BCUT2D eigenvalue weighted by molar-refractivity contribution is 14.1. The van der Waals surface area contributed by atoms with E-state index in [1.54, 1.807) is 17.5 Å². The highest BCUT2D eigenvalue weighted by atomic mass is 127. The lowest BCUT2D eigenvalue weighted by atomic mass is 10.3. The summed E-state index contributed by atoms with van der Waals surface area (Å²) in [6.45, 7) is 1.47. The molecule has 0 atom stereocenters. The molecule has 2 rings (SSSR count). The molecule has 20 heavy (non-hydrogen) atoms. The number of nitrogens with zero attached hydrogens (tertiary/aromatic N) is 2. The van der Waals surface area contributed by atoms with Crippen LogP contribution < -0.4 is 11.1 Å². The van der Waals surface area contributed by atoms with Crippen molar-refractivity contribution in [1.29, 1.82) is 0 Å². The number of aliphatic imine (C=N–C) groups is 1. The van der Waals surface area contributed by atoms with Gasteiger partial charge >= 0.3 is 0 Å². The molecular formula is C14H17IN4S. The summed E-state index contributed by atoms with van der Waals surface area (Å²) >= 11 is 4.13. The maximum absolute atomic E-state index is 5.83. The topological polar surface area (TPSA) is 63.3 Å². The van der Waals surface area contributed by atoms with E-state index < -0.39 is 0 Å². The van der Waals surface area contributed by atoms with E-state index in [-0.39, 0.29) is 0 Å². The summed E-state index contributed by atoms with van der Waals surface area (Å²) in [5.74, 6) is 0.507. The van der Waals surface area contributed by atoms with Crippen molar-refractivity contribution in [3.63, 3.8) is 0 Å². The first-order chi connectivity index (χ1) is 9.74. The van der Waals surface area contributed by atoms with E-state index >= 15 is 0 Å². The van der Waals surface area contributed by atoms with Crippen LogP contribution in [0.2, 0.25) is 0 Å². The highest BCUT2D eigenvalue weighted by Gasteiger charge is 1.98. The number of thiophene rings is 1. The summed E-state index contributed by atoms with van der Waals surface area (Å²) in [6, 6.07) is 10.2. The Bertz CT molecular complexity index is 553. The number of nitrogens with one attached hydrogen (secondary N) is 1. The molecule has 0 fully saturated rings. The van der Waals surface area contributed by atoms with Crippen molar-refractivity contribution in [3.05, 3.63) is 50.0 Å². The van der Waals surface area contributed by atoms with Crippen LogP contribution >= 0.6 is 33.9 Å². The number of guanidine groups is 1. The zero-order valence-corrected chi connectivity index (χ0v) is 14.0. The molecule has 0 aromatic carbocycles. The van der Waals surface area contributed by atoms with Crippen molar-refractivity contribution in [1.82, 2.24) is 10.3 Å². The van der Waals surface area contributed by atoms with Crippen LogP contribution in [0.3, 0.4) is 0 Å². The SMILES string of the molecule is NC(=NCCc1ccc(I)s1)NCCc1ccccn1. The van der Waals surface area contributed by atoms with Gasteiger partial charge in [0.15, 0.2) is 5.96 Å². The van der Waals surface area contributed by atoms with Gasteiger partial charge in [0.2, 0.25) is 0 Å². The van der Waals surface area contributed by atoms with Crippen molar-refractivity contribution >= 4 is 39.9 Å². The lowest BCUT2D eigenvalue weighted by Crippen LogP contribution is -2.33. The maximum atomic E-state index is 5.83. The second-order valence-electron chi connectivity index (χ2n) is 4.22. The van der Waals surface area contributed by atoms with Crippen LogP contribution in [0.4, 0.5) is 0 Å². The van der Waals surface area contributed by atoms with Gasteiger partial charge in [-0.1, -0.05) is 6.07 Å². The predicted molar refractivity (Wildman–Crippen MR) is 93.2 cm³/mol. The summed E-state index contributed by atoms with van der Waals surface area (Å²) in [7, 11) is 0. The molecule has 0 amide bonds. The number of rotatable bonds is 6. The second kappa shape index (κ2) is 8.21. The van der Waals surface area contributed by atoms with Crippen molar-refractivity contribution in [2.75, 3.05) is 13.1 Å². The predicted octanol–water partition coefficient (Wildman–Crippen LogP) is 2.44. The molecule has 0 saturated heterocycles. The molecule has 0 bridgehead atoms. The third-order valence-electron chi connectivity index (χ3n) is 2.68. The van der Waals surface area contributed by atoms with E-state index in [2.05, 4.69) is 50.0 Å². The Kier molecular flexibility index (Phi) is 6.25. The van der Waals surface area contributed by atoms with E-state index in [0.29, 0.717) is 5.96 Å². The number of hydrogen-bond acceptors (Lipinski definition) is 3. The van der Waals surface area contributed by atoms with E-state index in [1.165, 1.54) is 7.76 Å². The smallest absolute Gasteiger partial charge is 0.188 e.